The number of hydrogen-bond acceptors (Lipinski definition) is 4. The fraction of sp³-hybridized carbons (Fsp3) is 0.800. The number of likely N-dealkylation sites (N-methyl/N-ethyl adjacent to an activating group) is 1. The molecule has 0 aliphatic carbocycles. The maximum absolute atomic E-state index is 4.51. The van der Waals surface area contributed by atoms with Crippen molar-refractivity contribution in [3.8, 4) is 0 Å². The van der Waals surface area contributed by atoms with E-state index >= 15 is 0 Å². The minimum atomic E-state index is 0.370. The molecule has 1 aromatic rings. The maximum Gasteiger partial charge on any atom is 0.167 e. The Morgan fingerprint density at radius 1 is 1.47 bits per heavy atom. The third kappa shape index (κ3) is 2.76. The van der Waals surface area contributed by atoms with E-state index in [0.29, 0.717) is 6.04 Å². The van der Waals surface area contributed by atoms with Gasteiger partial charge in [0.1, 0.15) is 5.82 Å². The van der Waals surface area contributed by atoms with Crippen LogP contribution in [0.2, 0.25) is 0 Å². The van der Waals surface area contributed by atoms with Gasteiger partial charge in [-0.15, -0.1) is 0 Å². The van der Waals surface area contributed by atoms with Crippen molar-refractivity contribution in [3.05, 3.63) is 11.6 Å². The first-order valence-corrected chi connectivity index (χ1v) is 5.55. The van der Waals surface area contributed by atoms with Crippen LogP contribution in [0.15, 0.2) is 0 Å². The monoisotopic (exact) mass is 209 g/mol. The highest BCUT2D eigenvalue weighted by Crippen LogP contribution is 2.19. The Labute approximate surface area is 90.3 Å². The number of aromatic amines is 1. The van der Waals surface area contributed by atoms with Crippen molar-refractivity contribution >= 4 is 0 Å². The minimum absolute atomic E-state index is 0.370. The molecular formula is C10H19N5. The SMILES string of the molecule is CN(C)CCc1nc(C2CCCN2)n[nH]1. The minimum Gasteiger partial charge on any atom is -0.309 e. The zero-order chi connectivity index (χ0) is 10.7. The molecule has 0 bridgehead atoms. The Balaban J connectivity index is 1.91. The first-order valence-electron chi connectivity index (χ1n) is 5.55. The van der Waals surface area contributed by atoms with Crippen molar-refractivity contribution in [2.75, 3.05) is 27.2 Å². The lowest BCUT2D eigenvalue weighted by atomic mass is 10.2. The highest BCUT2D eigenvalue weighted by Gasteiger charge is 2.20. The molecule has 1 aliphatic rings. The highest BCUT2D eigenvalue weighted by molar-refractivity contribution is 4.99. The Hall–Kier alpha value is -0.940. The quantitative estimate of drug-likeness (QED) is 0.750. The van der Waals surface area contributed by atoms with Crippen LogP contribution in [-0.2, 0) is 6.42 Å². The molecule has 0 radical (unpaired) electrons. The summed E-state index contributed by atoms with van der Waals surface area (Å²) < 4.78 is 0. The lowest BCUT2D eigenvalue weighted by Gasteiger charge is -2.06. The fourth-order valence-corrected chi connectivity index (χ4v) is 1.81. The van der Waals surface area contributed by atoms with E-state index in [9.17, 15) is 0 Å². The molecule has 2 N–H and O–H groups in total. The Kier molecular flexibility index (Phi) is 3.33. The average molecular weight is 209 g/mol. The van der Waals surface area contributed by atoms with Crippen LogP contribution < -0.4 is 5.32 Å². The Bertz CT molecular complexity index is 301. The summed E-state index contributed by atoms with van der Waals surface area (Å²) in [5, 5.41) is 10.7. The van der Waals surface area contributed by atoms with E-state index in [1.807, 2.05) is 0 Å². The van der Waals surface area contributed by atoms with Gasteiger partial charge in [-0.05, 0) is 33.5 Å². The van der Waals surface area contributed by atoms with E-state index in [1.165, 1.54) is 6.42 Å². The maximum atomic E-state index is 4.51. The van der Waals surface area contributed by atoms with E-state index in [2.05, 4.69) is 39.5 Å². The lowest BCUT2D eigenvalue weighted by Crippen LogP contribution is -2.16. The molecular weight excluding hydrogens is 190 g/mol. The molecule has 15 heavy (non-hydrogen) atoms. The predicted octanol–water partition coefficient (Wildman–Crippen LogP) is 0.333. The molecule has 0 spiro atoms. The normalized spacial score (nSPS) is 21.4. The van der Waals surface area contributed by atoms with Crippen LogP contribution in [0.4, 0.5) is 0 Å². The van der Waals surface area contributed by atoms with Crippen molar-refractivity contribution in [1.82, 2.24) is 25.4 Å². The van der Waals surface area contributed by atoms with Gasteiger partial charge < -0.3 is 10.2 Å². The highest BCUT2D eigenvalue weighted by atomic mass is 15.2. The van der Waals surface area contributed by atoms with Gasteiger partial charge in [-0.1, -0.05) is 0 Å². The van der Waals surface area contributed by atoms with Gasteiger partial charge in [0, 0.05) is 13.0 Å². The van der Waals surface area contributed by atoms with Crippen LogP contribution in [0.3, 0.4) is 0 Å². The van der Waals surface area contributed by atoms with Crippen LogP contribution in [0.5, 0.6) is 0 Å². The summed E-state index contributed by atoms with van der Waals surface area (Å²) in [5.41, 5.74) is 0. The largest absolute Gasteiger partial charge is 0.309 e. The molecule has 1 unspecified atom stereocenters. The summed E-state index contributed by atoms with van der Waals surface area (Å²) in [6.45, 7) is 2.10. The van der Waals surface area contributed by atoms with Crippen LogP contribution in [-0.4, -0.2) is 47.3 Å². The molecule has 0 saturated carbocycles. The summed E-state index contributed by atoms with van der Waals surface area (Å²) in [7, 11) is 4.13. The summed E-state index contributed by atoms with van der Waals surface area (Å²) in [5.74, 6) is 1.92. The van der Waals surface area contributed by atoms with Gasteiger partial charge in [-0.25, -0.2) is 4.98 Å². The first kappa shape index (κ1) is 10.6. The second kappa shape index (κ2) is 4.72. The zero-order valence-corrected chi connectivity index (χ0v) is 9.45. The molecule has 0 aromatic carbocycles. The smallest absolute Gasteiger partial charge is 0.167 e. The van der Waals surface area contributed by atoms with E-state index in [1.54, 1.807) is 0 Å². The first-order chi connectivity index (χ1) is 7.25. The number of hydrogen-bond donors (Lipinski definition) is 2. The average Bonchev–Trinajstić information content (AvgIpc) is 2.85. The van der Waals surface area contributed by atoms with E-state index in [4.69, 9.17) is 0 Å². The predicted molar refractivity (Wildman–Crippen MR) is 58.6 cm³/mol. The van der Waals surface area contributed by atoms with Crippen molar-refractivity contribution in [1.29, 1.82) is 0 Å². The molecule has 1 aliphatic heterocycles. The fourth-order valence-electron chi connectivity index (χ4n) is 1.81. The lowest BCUT2D eigenvalue weighted by molar-refractivity contribution is 0.409. The third-order valence-corrected chi connectivity index (χ3v) is 2.72. The van der Waals surface area contributed by atoms with Crippen molar-refractivity contribution in [2.24, 2.45) is 0 Å². The van der Waals surface area contributed by atoms with Crippen LogP contribution >= 0.6 is 0 Å². The molecule has 0 amide bonds. The number of rotatable bonds is 4. The van der Waals surface area contributed by atoms with Gasteiger partial charge in [0.15, 0.2) is 5.82 Å². The van der Waals surface area contributed by atoms with Crippen molar-refractivity contribution in [3.63, 3.8) is 0 Å². The standard InChI is InChI=1S/C10H19N5/c1-15(2)7-5-9-12-10(14-13-9)8-4-3-6-11-8/h8,11H,3-7H2,1-2H3,(H,12,13,14). The molecule has 5 nitrogen and oxygen atoms in total. The molecule has 1 fully saturated rings. The number of nitrogens with zero attached hydrogens (tertiary/aromatic N) is 3. The van der Waals surface area contributed by atoms with Crippen molar-refractivity contribution in [2.45, 2.75) is 25.3 Å². The van der Waals surface area contributed by atoms with E-state index < -0.39 is 0 Å². The van der Waals surface area contributed by atoms with Gasteiger partial charge in [0.05, 0.1) is 6.04 Å². The van der Waals surface area contributed by atoms with Gasteiger partial charge in [-0.2, -0.15) is 5.10 Å². The van der Waals surface area contributed by atoms with Crippen LogP contribution in [0.1, 0.15) is 30.5 Å². The van der Waals surface area contributed by atoms with E-state index in [0.717, 1.165) is 37.6 Å². The number of aromatic nitrogens is 3. The van der Waals surface area contributed by atoms with Crippen LogP contribution in [0.25, 0.3) is 0 Å². The summed E-state index contributed by atoms with van der Waals surface area (Å²) in [4.78, 5) is 6.66. The van der Waals surface area contributed by atoms with E-state index in [-0.39, 0.29) is 0 Å². The van der Waals surface area contributed by atoms with Gasteiger partial charge in [-0.3, -0.25) is 5.10 Å². The van der Waals surface area contributed by atoms with Gasteiger partial charge in [0.25, 0.3) is 0 Å². The van der Waals surface area contributed by atoms with Gasteiger partial charge in [0.2, 0.25) is 0 Å². The topological polar surface area (TPSA) is 56.8 Å². The van der Waals surface area contributed by atoms with Crippen molar-refractivity contribution < 1.29 is 0 Å². The Morgan fingerprint density at radius 2 is 2.33 bits per heavy atom. The molecule has 2 rings (SSSR count). The number of nitrogens with one attached hydrogen (secondary N) is 2. The second-order valence-electron chi connectivity index (χ2n) is 4.34. The molecule has 5 heteroatoms. The summed E-state index contributed by atoms with van der Waals surface area (Å²) in [6, 6.07) is 0.370. The second-order valence-corrected chi connectivity index (χ2v) is 4.34. The molecule has 1 atom stereocenters. The molecule has 1 saturated heterocycles. The molecule has 1 aromatic heterocycles. The Morgan fingerprint density at radius 3 is 3.00 bits per heavy atom. The van der Waals surface area contributed by atoms with Crippen LogP contribution in [0, 0.1) is 0 Å². The molecule has 2 heterocycles. The van der Waals surface area contributed by atoms with Gasteiger partial charge >= 0.3 is 0 Å². The summed E-state index contributed by atoms with van der Waals surface area (Å²) in [6.07, 6.45) is 3.32. The summed E-state index contributed by atoms with van der Waals surface area (Å²) >= 11 is 0. The zero-order valence-electron chi connectivity index (χ0n) is 9.45. The number of H-pyrrole nitrogens is 1. The molecule has 84 valence electrons. The third-order valence-electron chi connectivity index (χ3n) is 2.72.